The second-order valence-electron chi connectivity index (χ2n) is 17.3. The Labute approximate surface area is 377 Å². The van der Waals surface area contributed by atoms with Gasteiger partial charge < -0.3 is 18.3 Å². The Hall–Kier alpha value is -9.00. The predicted octanol–water partition coefficient (Wildman–Crippen LogP) is 15.2. The Morgan fingerprint density at radius 1 is 0.227 bits per heavy atom. The summed E-state index contributed by atoms with van der Waals surface area (Å²) < 4.78 is 9.80. The van der Waals surface area contributed by atoms with Gasteiger partial charge in [0.1, 0.15) is 0 Å². The van der Waals surface area contributed by atoms with Crippen LogP contribution in [0.4, 0.5) is 0 Å². The van der Waals surface area contributed by atoms with Gasteiger partial charge in [0.25, 0.3) is 0 Å². The summed E-state index contributed by atoms with van der Waals surface area (Å²) in [6.45, 7) is 0. The Kier molecular flexibility index (Phi) is 7.13. The van der Waals surface area contributed by atoms with Crippen molar-refractivity contribution in [3.63, 3.8) is 0 Å². The highest BCUT2D eigenvalue weighted by Gasteiger charge is 2.25. The normalized spacial score (nSPS) is 12.2. The van der Waals surface area contributed by atoms with Crippen molar-refractivity contribution in [2.45, 2.75) is 0 Å². The van der Waals surface area contributed by atoms with E-state index in [1.165, 1.54) is 43.6 Å². The smallest absolute Gasteiger partial charge is 0.0963 e. The van der Waals surface area contributed by atoms with Crippen LogP contribution in [-0.4, -0.2) is 28.2 Å². The van der Waals surface area contributed by atoms with Crippen LogP contribution >= 0.6 is 0 Å². The molecule has 6 heterocycles. The lowest BCUT2D eigenvalue weighted by atomic mass is 9.96. The number of para-hydroxylation sites is 6. The number of pyridine rings is 2. The molecule has 0 saturated carbocycles. The number of benzene rings is 9. The molecular weight excluding hydrogens is 805 g/mol. The number of nitrogens with zero attached hydrogens (tertiary/aromatic N) is 6. The molecule has 0 radical (unpaired) electrons. The Bertz CT molecular complexity index is 4040. The fourth-order valence-corrected chi connectivity index (χ4v) is 11.4. The molecule has 9 aromatic carbocycles. The van der Waals surface area contributed by atoms with Gasteiger partial charge in [-0.15, -0.1) is 0 Å². The lowest BCUT2D eigenvalue weighted by Gasteiger charge is -2.22. The van der Waals surface area contributed by atoms with E-state index in [1.807, 2.05) is 12.4 Å². The van der Waals surface area contributed by atoms with Crippen molar-refractivity contribution in [2.24, 2.45) is 0 Å². The number of hydrogen-bond acceptors (Lipinski definition) is 2. The standard InChI is InChI=1S/C60H36N6/c1-7-21-49-39(15-1)40-16-2-8-22-50(40)63(49)37-29-31-43-47(35-37)59(65-53-25-11-5-19-45(53)57-55(65)27-13-33-61-57)44-32-30-38(64-51-23-9-3-17-41(51)42-18-4-10-24-52(42)64)36-48(44)60(43)66-54-26-12-6-20-46(54)58-56(66)28-14-34-62-58/h1-36H. The van der Waals surface area contributed by atoms with E-state index >= 15 is 0 Å². The van der Waals surface area contributed by atoms with E-state index in [0.717, 1.165) is 88.2 Å². The first-order chi connectivity index (χ1) is 32.8. The van der Waals surface area contributed by atoms with E-state index in [2.05, 4.69) is 225 Å². The van der Waals surface area contributed by atoms with Crippen molar-refractivity contribution >= 4 is 109 Å². The van der Waals surface area contributed by atoms with E-state index in [1.54, 1.807) is 0 Å². The summed E-state index contributed by atoms with van der Waals surface area (Å²) in [5.41, 5.74) is 15.4. The van der Waals surface area contributed by atoms with Crippen molar-refractivity contribution in [1.29, 1.82) is 0 Å². The summed E-state index contributed by atoms with van der Waals surface area (Å²) in [7, 11) is 0. The molecule has 6 heteroatoms. The van der Waals surface area contributed by atoms with Crippen LogP contribution < -0.4 is 0 Å². The van der Waals surface area contributed by atoms with Crippen LogP contribution in [0.15, 0.2) is 219 Å². The monoisotopic (exact) mass is 840 g/mol. The molecular formula is C60H36N6. The number of fused-ring (bicyclic) bond motifs is 14. The van der Waals surface area contributed by atoms with Crippen LogP contribution in [-0.2, 0) is 0 Å². The minimum Gasteiger partial charge on any atom is -0.309 e. The molecule has 0 atom stereocenters. The molecule has 0 bridgehead atoms. The van der Waals surface area contributed by atoms with Crippen LogP contribution in [0.3, 0.4) is 0 Å². The molecule has 0 spiro atoms. The number of aromatic nitrogens is 6. The van der Waals surface area contributed by atoms with Gasteiger partial charge in [0.2, 0.25) is 0 Å². The highest BCUT2D eigenvalue weighted by molar-refractivity contribution is 6.21. The molecule has 15 aromatic rings. The summed E-state index contributed by atoms with van der Waals surface area (Å²) in [5, 5.41) is 11.7. The van der Waals surface area contributed by atoms with E-state index in [4.69, 9.17) is 9.97 Å². The van der Waals surface area contributed by atoms with E-state index in [9.17, 15) is 0 Å². The van der Waals surface area contributed by atoms with Crippen LogP contribution in [0.1, 0.15) is 0 Å². The molecule has 6 nitrogen and oxygen atoms in total. The molecule has 0 saturated heterocycles. The second-order valence-corrected chi connectivity index (χ2v) is 17.3. The minimum absolute atomic E-state index is 0.979. The Morgan fingerprint density at radius 2 is 0.530 bits per heavy atom. The molecule has 306 valence electrons. The fourth-order valence-electron chi connectivity index (χ4n) is 11.4. The van der Waals surface area contributed by atoms with Crippen molar-refractivity contribution in [3.8, 4) is 22.7 Å². The highest BCUT2D eigenvalue weighted by Crippen LogP contribution is 2.46. The third kappa shape index (κ3) is 4.69. The maximum absolute atomic E-state index is 5.04. The molecule has 66 heavy (non-hydrogen) atoms. The van der Waals surface area contributed by atoms with Crippen LogP contribution in [0.5, 0.6) is 0 Å². The van der Waals surface area contributed by atoms with Gasteiger partial charge in [0.05, 0.1) is 66.5 Å². The van der Waals surface area contributed by atoms with Gasteiger partial charge in [-0.25, -0.2) is 0 Å². The van der Waals surface area contributed by atoms with Gasteiger partial charge in [0, 0.05) is 77.6 Å². The molecule has 0 amide bonds. The largest absolute Gasteiger partial charge is 0.309 e. The third-order valence-electron chi connectivity index (χ3n) is 14.0. The molecule has 0 unspecified atom stereocenters. The quantitative estimate of drug-likeness (QED) is 0.166. The van der Waals surface area contributed by atoms with Gasteiger partial charge in [-0.3, -0.25) is 9.97 Å². The average Bonchev–Trinajstić information content (AvgIpc) is 4.11. The summed E-state index contributed by atoms with van der Waals surface area (Å²) in [4.78, 5) is 10.1. The first-order valence-electron chi connectivity index (χ1n) is 22.5. The van der Waals surface area contributed by atoms with Crippen molar-refractivity contribution in [3.05, 3.63) is 219 Å². The molecule has 15 rings (SSSR count). The zero-order valence-electron chi connectivity index (χ0n) is 35.5. The van der Waals surface area contributed by atoms with Gasteiger partial charge in [-0.1, -0.05) is 121 Å². The van der Waals surface area contributed by atoms with Crippen LogP contribution in [0.25, 0.3) is 132 Å². The van der Waals surface area contributed by atoms with Crippen molar-refractivity contribution in [1.82, 2.24) is 28.2 Å². The van der Waals surface area contributed by atoms with Gasteiger partial charge in [0.15, 0.2) is 0 Å². The summed E-state index contributed by atoms with van der Waals surface area (Å²) in [6, 6.07) is 75.2. The topological polar surface area (TPSA) is 45.5 Å². The van der Waals surface area contributed by atoms with E-state index in [-0.39, 0.29) is 0 Å². The Balaban J connectivity index is 1.18. The first kappa shape index (κ1) is 35.5. The van der Waals surface area contributed by atoms with Gasteiger partial charge in [-0.05, 0) is 84.9 Å². The summed E-state index contributed by atoms with van der Waals surface area (Å²) in [6.07, 6.45) is 3.82. The molecule has 0 N–H and O–H groups in total. The molecule has 0 fully saturated rings. The maximum Gasteiger partial charge on any atom is 0.0963 e. The summed E-state index contributed by atoms with van der Waals surface area (Å²) >= 11 is 0. The van der Waals surface area contributed by atoms with Gasteiger partial charge in [-0.2, -0.15) is 0 Å². The first-order valence-corrected chi connectivity index (χ1v) is 22.5. The lowest BCUT2D eigenvalue weighted by Crippen LogP contribution is -2.05. The molecule has 0 aliphatic rings. The minimum atomic E-state index is 0.979. The van der Waals surface area contributed by atoms with Gasteiger partial charge >= 0.3 is 0 Å². The SMILES string of the molecule is c1ccc2c(c1)c1ccccc1n2-c1ccc2c(-n3c4ccccc4c4ncccc43)c3cc(-n4c5ccccc5c5ccccc54)ccc3c(-n3c4ccccc4c4ncccc43)c2c1. The van der Waals surface area contributed by atoms with E-state index in [0.29, 0.717) is 0 Å². The van der Waals surface area contributed by atoms with Crippen LogP contribution in [0.2, 0.25) is 0 Å². The number of rotatable bonds is 4. The van der Waals surface area contributed by atoms with Crippen LogP contribution in [0, 0.1) is 0 Å². The fraction of sp³-hybridized carbons (Fsp3) is 0. The Morgan fingerprint density at radius 3 is 0.894 bits per heavy atom. The molecule has 6 aromatic heterocycles. The zero-order valence-corrected chi connectivity index (χ0v) is 35.5. The lowest BCUT2D eigenvalue weighted by molar-refractivity contribution is 1.16. The highest BCUT2D eigenvalue weighted by atomic mass is 15.0. The number of hydrogen-bond donors (Lipinski definition) is 0. The molecule has 0 aliphatic heterocycles. The second kappa shape index (κ2) is 13.3. The zero-order chi connectivity index (χ0) is 43.0. The average molecular weight is 841 g/mol. The maximum atomic E-state index is 5.04. The molecule has 0 aliphatic carbocycles. The van der Waals surface area contributed by atoms with Crippen molar-refractivity contribution < 1.29 is 0 Å². The third-order valence-corrected chi connectivity index (χ3v) is 14.0. The van der Waals surface area contributed by atoms with Crippen molar-refractivity contribution in [2.75, 3.05) is 0 Å². The predicted molar refractivity (Wildman–Crippen MR) is 274 cm³/mol. The van der Waals surface area contributed by atoms with E-state index < -0.39 is 0 Å². The summed E-state index contributed by atoms with van der Waals surface area (Å²) in [5.74, 6) is 0.